The quantitative estimate of drug-likeness (QED) is 0.439. The van der Waals surface area contributed by atoms with E-state index in [4.69, 9.17) is 16.6 Å². The summed E-state index contributed by atoms with van der Waals surface area (Å²) >= 11 is 0. The first-order chi connectivity index (χ1) is 9.74. The first-order valence-electron chi connectivity index (χ1n) is 7.21. The molecule has 0 aliphatic heterocycles. The van der Waals surface area contributed by atoms with Crippen LogP contribution in [0.25, 0.3) is 0 Å². The molecule has 0 amide bonds. The molecule has 1 aromatic carbocycles. The molecule has 21 heavy (non-hydrogen) atoms. The summed E-state index contributed by atoms with van der Waals surface area (Å²) in [6.45, 7) is 9.36. The second kappa shape index (κ2) is 7.98. The molecule has 5 heteroatoms. The van der Waals surface area contributed by atoms with Crippen molar-refractivity contribution in [1.82, 2.24) is 0 Å². The number of hydrogen-bond donors (Lipinski definition) is 1. The summed E-state index contributed by atoms with van der Waals surface area (Å²) in [6.07, 6.45) is 1.61. The number of hydrogen-bond acceptors (Lipinski definition) is 3. The van der Waals surface area contributed by atoms with Gasteiger partial charge in [-0.2, -0.15) is 0 Å². The summed E-state index contributed by atoms with van der Waals surface area (Å²) in [7, 11) is 3.83. The second-order valence-electron chi connectivity index (χ2n) is 5.62. The Morgan fingerprint density at radius 3 is 1.95 bits per heavy atom. The Kier molecular flexibility index (Phi) is 6.92. The summed E-state index contributed by atoms with van der Waals surface area (Å²) in [6, 6.07) is 9.77. The van der Waals surface area contributed by atoms with Crippen molar-refractivity contribution < 1.29 is 14.2 Å². The van der Waals surface area contributed by atoms with Crippen LogP contribution >= 0.6 is 7.59 Å². The molecule has 0 aliphatic rings. The number of benzene rings is 1. The van der Waals surface area contributed by atoms with Crippen molar-refractivity contribution in [2.24, 2.45) is 0 Å². The number of allylic oxidation sites excluding steroid dienone is 2. The van der Waals surface area contributed by atoms with Gasteiger partial charge < -0.3 is 5.11 Å². The largest absolute Gasteiger partial charge is 0.513 e. The van der Waals surface area contributed by atoms with E-state index in [0.717, 1.165) is 5.56 Å². The highest BCUT2D eigenvalue weighted by Crippen LogP contribution is 2.69. The zero-order valence-corrected chi connectivity index (χ0v) is 14.4. The zero-order valence-electron chi connectivity index (χ0n) is 13.5. The molecule has 0 fully saturated rings. The summed E-state index contributed by atoms with van der Waals surface area (Å²) < 4.78 is 12.0. The molecular formula is C16H25BO3P+. The van der Waals surface area contributed by atoms with E-state index in [2.05, 4.69) is 0 Å². The van der Waals surface area contributed by atoms with Gasteiger partial charge in [-0.1, -0.05) is 30.3 Å². The van der Waals surface area contributed by atoms with Gasteiger partial charge in [0.15, 0.2) is 5.66 Å². The highest BCUT2D eigenvalue weighted by Gasteiger charge is 2.47. The van der Waals surface area contributed by atoms with Crippen molar-refractivity contribution in [1.29, 1.82) is 0 Å². The van der Waals surface area contributed by atoms with Gasteiger partial charge in [-0.05, 0) is 40.2 Å². The average Bonchev–Trinajstić information content (AvgIpc) is 2.34. The molecule has 0 heterocycles. The Hall–Kier alpha value is -0.825. The van der Waals surface area contributed by atoms with Crippen molar-refractivity contribution in [3.05, 3.63) is 47.7 Å². The maximum Gasteiger partial charge on any atom is 0.445 e. The van der Waals surface area contributed by atoms with E-state index in [1.54, 1.807) is 13.0 Å². The minimum atomic E-state index is -2.70. The van der Waals surface area contributed by atoms with E-state index in [1.807, 2.05) is 58.0 Å². The number of aliphatic hydroxyl groups is 1. The van der Waals surface area contributed by atoms with Gasteiger partial charge in [-0.3, -0.25) is 0 Å². The molecule has 1 rings (SSSR count). The van der Waals surface area contributed by atoms with Crippen molar-refractivity contribution in [2.45, 2.75) is 52.5 Å². The van der Waals surface area contributed by atoms with Crippen LogP contribution in [0.4, 0.5) is 0 Å². The van der Waals surface area contributed by atoms with Crippen LogP contribution in [-0.2, 0) is 9.05 Å². The zero-order chi connectivity index (χ0) is 16.0. The molecule has 1 unspecified atom stereocenters. The van der Waals surface area contributed by atoms with Crippen LogP contribution < -0.4 is 0 Å². The lowest BCUT2D eigenvalue weighted by Crippen LogP contribution is -2.18. The molecule has 1 N–H and O–H groups in total. The van der Waals surface area contributed by atoms with E-state index in [-0.39, 0.29) is 23.6 Å². The van der Waals surface area contributed by atoms with Crippen LogP contribution in [0.5, 0.6) is 0 Å². The fourth-order valence-electron chi connectivity index (χ4n) is 2.10. The van der Waals surface area contributed by atoms with E-state index in [9.17, 15) is 5.11 Å². The molecule has 0 saturated carbocycles. The van der Waals surface area contributed by atoms with Crippen LogP contribution in [0.15, 0.2) is 42.2 Å². The van der Waals surface area contributed by atoms with Crippen LogP contribution in [-0.4, -0.2) is 24.9 Å². The molecule has 114 valence electrons. The molecule has 0 aromatic heterocycles. The predicted molar refractivity (Wildman–Crippen MR) is 90.7 cm³/mol. The minimum Gasteiger partial charge on any atom is -0.513 e. The van der Waals surface area contributed by atoms with Crippen molar-refractivity contribution in [3.8, 4) is 0 Å². The standard InChI is InChI=1S/C16H25BO3P/c1-12(2)19-21(17,20-13(3)4)16(11-14(5)18)15-9-7-6-8-10-15/h6-13,16,18H,1-5H3/q+1. The summed E-state index contributed by atoms with van der Waals surface area (Å²) in [5.41, 5.74) is 0.677. The third-order valence-corrected chi connectivity index (χ3v) is 5.40. The van der Waals surface area contributed by atoms with Crippen molar-refractivity contribution in [3.63, 3.8) is 0 Å². The lowest BCUT2D eigenvalue weighted by Gasteiger charge is -2.30. The summed E-state index contributed by atoms with van der Waals surface area (Å²) in [4.78, 5) is 0. The van der Waals surface area contributed by atoms with Gasteiger partial charge in [0.1, 0.15) is 0 Å². The van der Waals surface area contributed by atoms with Gasteiger partial charge in [-0.15, -0.1) is 0 Å². The Bertz CT molecular complexity index is 446. The van der Waals surface area contributed by atoms with E-state index < -0.39 is 7.59 Å². The SMILES string of the molecule is [B][P+](OC(C)C)(OC(C)C)C(C=C(C)O)c1ccccc1. The average molecular weight is 307 g/mol. The smallest absolute Gasteiger partial charge is 0.445 e. The molecule has 1 aromatic rings. The molecule has 0 bridgehead atoms. The van der Waals surface area contributed by atoms with Crippen LogP contribution in [0.2, 0.25) is 0 Å². The Morgan fingerprint density at radius 2 is 1.57 bits per heavy atom. The first-order valence-corrected chi connectivity index (χ1v) is 8.97. The fraction of sp³-hybridized carbons (Fsp3) is 0.500. The van der Waals surface area contributed by atoms with Crippen molar-refractivity contribution >= 4 is 15.2 Å². The molecule has 1 atom stereocenters. The molecule has 0 saturated heterocycles. The third kappa shape index (κ3) is 5.82. The van der Waals surface area contributed by atoms with Crippen molar-refractivity contribution in [2.75, 3.05) is 0 Å². The summed E-state index contributed by atoms with van der Waals surface area (Å²) in [5.74, 6) is 0.207. The van der Waals surface area contributed by atoms with E-state index >= 15 is 0 Å². The number of aliphatic hydroxyl groups excluding tert-OH is 1. The van der Waals surface area contributed by atoms with Gasteiger partial charge in [0.25, 0.3) is 0 Å². The molecule has 0 spiro atoms. The van der Waals surface area contributed by atoms with Gasteiger partial charge >= 0.3 is 7.57 Å². The maximum absolute atomic E-state index is 9.73. The fourth-order valence-corrected chi connectivity index (χ4v) is 4.74. The van der Waals surface area contributed by atoms with Crippen LogP contribution in [0.3, 0.4) is 0 Å². The maximum atomic E-state index is 9.73. The molecule has 0 aliphatic carbocycles. The van der Waals surface area contributed by atoms with Gasteiger partial charge in [0.05, 0.1) is 18.0 Å². The minimum absolute atomic E-state index is 0.0549. The molecule has 2 radical (unpaired) electrons. The highest BCUT2D eigenvalue weighted by molar-refractivity contribution is 7.90. The lowest BCUT2D eigenvalue weighted by molar-refractivity contribution is 0.168. The predicted octanol–water partition coefficient (Wildman–Crippen LogP) is 4.97. The Morgan fingerprint density at radius 1 is 1.10 bits per heavy atom. The Balaban J connectivity index is 3.26. The van der Waals surface area contributed by atoms with E-state index in [0.29, 0.717) is 0 Å². The molecular weight excluding hydrogens is 282 g/mol. The first kappa shape index (κ1) is 18.2. The normalized spacial score (nSPS) is 14.7. The Labute approximate surface area is 130 Å². The van der Waals surface area contributed by atoms with E-state index in [1.165, 1.54) is 0 Å². The van der Waals surface area contributed by atoms with Crippen LogP contribution in [0, 0.1) is 0 Å². The van der Waals surface area contributed by atoms with Gasteiger partial charge in [0.2, 0.25) is 7.59 Å². The van der Waals surface area contributed by atoms with Crippen LogP contribution in [0.1, 0.15) is 45.8 Å². The summed E-state index contributed by atoms with van der Waals surface area (Å²) in [5, 5.41) is 9.73. The van der Waals surface area contributed by atoms with Gasteiger partial charge in [0, 0.05) is 6.08 Å². The second-order valence-corrected chi connectivity index (χ2v) is 7.89. The topological polar surface area (TPSA) is 38.7 Å². The molecule has 3 nitrogen and oxygen atoms in total. The van der Waals surface area contributed by atoms with Gasteiger partial charge in [-0.25, -0.2) is 9.05 Å². The third-order valence-electron chi connectivity index (χ3n) is 2.68. The lowest BCUT2D eigenvalue weighted by atomic mass is 10.1. The number of rotatable bonds is 7. The highest BCUT2D eigenvalue weighted by atomic mass is 31.2. The monoisotopic (exact) mass is 307 g/mol.